The van der Waals surface area contributed by atoms with Crippen molar-refractivity contribution in [1.29, 1.82) is 0 Å². The molecule has 7 heteroatoms. The minimum Gasteiger partial charge on any atom is -0.545 e. The lowest BCUT2D eigenvalue weighted by molar-refractivity contribution is -0.255. The van der Waals surface area contributed by atoms with Crippen LogP contribution in [0.15, 0.2) is 12.1 Å². The fourth-order valence-electron chi connectivity index (χ4n) is 2.61. The van der Waals surface area contributed by atoms with Crippen LogP contribution in [0.1, 0.15) is 46.9 Å². The Hall–Kier alpha value is -1.30. The van der Waals surface area contributed by atoms with Crippen LogP contribution in [0.25, 0.3) is 0 Å². The summed E-state index contributed by atoms with van der Waals surface area (Å²) >= 11 is 11.8. The minimum atomic E-state index is -1.46. The molecular weight excluding hydrogens is 341 g/mol. The van der Waals surface area contributed by atoms with Gasteiger partial charge in [0.1, 0.15) is 0 Å². The van der Waals surface area contributed by atoms with Crippen LogP contribution in [0.5, 0.6) is 0 Å². The lowest BCUT2D eigenvalue weighted by Crippen LogP contribution is -2.44. The van der Waals surface area contributed by atoms with Gasteiger partial charge in [-0.1, -0.05) is 30.1 Å². The Morgan fingerprint density at radius 3 is 2.57 bits per heavy atom. The highest BCUT2D eigenvalue weighted by Crippen LogP contribution is 2.27. The summed E-state index contributed by atoms with van der Waals surface area (Å²) in [5.41, 5.74) is -0.253. The summed E-state index contributed by atoms with van der Waals surface area (Å²) in [6, 6.07) is 2.44. The van der Waals surface area contributed by atoms with Gasteiger partial charge >= 0.3 is 0 Å². The first-order valence-corrected chi connectivity index (χ1v) is 8.31. The van der Waals surface area contributed by atoms with Crippen molar-refractivity contribution in [2.75, 3.05) is 19.7 Å². The molecule has 23 heavy (non-hydrogen) atoms. The maximum atomic E-state index is 12.7. The van der Waals surface area contributed by atoms with Crippen molar-refractivity contribution in [3.63, 3.8) is 0 Å². The van der Waals surface area contributed by atoms with Crippen LogP contribution in [0, 0.1) is 0 Å². The van der Waals surface area contributed by atoms with E-state index in [1.54, 1.807) is 4.90 Å². The molecule has 1 amide bonds. The molecule has 1 heterocycles. The number of nitrogens with zero attached hydrogens (tertiary/aromatic N) is 1. The summed E-state index contributed by atoms with van der Waals surface area (Å²) in [7, 11) is 0. The van der Waals surface area contributed by atoms with Gasteiger partial charge < -0.3 is 19.5 Å². The molecule has 0 saturated carbocycles. The number of likely N-dealkylation sites (tertiary alicyclic amines) is 1. The van der Waals surface area contributed by atoms with Crippen LogP contribution >= 0.6 is 23.2 Å². The monoisotopic (exact) mass is 358 g/mol. The Balaban J connectivity index is 2.22. The largest absolute Gasteiger partial charge is 0.545 e. The molecule has 0 aliphatic carbocycles. The van der Waals surface area contributed by atoms with E-state index in [9.17, 15) is 14.7 Å². The van der Waals surface area contributed by atoms with Crippen LogP contribution < -0.4 is 5.11 Å². The SMILES string of the molecule is CCCO[C@H]1CCCN(C(=O)c2cc(Cl)c(Cl)cc2C(=O)[O-])C1. The normalized spacial score (nSPS) is 18.0. The molecule has 0 radical (unpaired) electrons. The number of aromatic carboxylic acids is 1. The van der Waals surface area contributed by atoms with Gasteiger partial charge in [-0.15, -0.1) is 0 Å². The maximum absolute atomic E-state index is 12.7. The van der Waals surface area contributed by atoms with Gasteiger partial charge in [0.25, 0.3) is 5.91 Å². The number of hydrogen-bond acceptors (Lipinski definition) is 4. The number of amides is 1. The average molecular weight is 359 g/mol. The van der Waals surface area contributed by atoms with Gasteiger partial charge in [-0.25, -0.2) is 0 Å². The van der Waals surface area contributed by atoms with E-state index in [4.69, 9.17) is 27.9 Å². The van der Waals surface area contributed by atoms with Crippen molar-refractivity contribution >= 4 is 35.1 Å². The lowest BCUT2D eigenvalue weighted by Gasteiger charge is -2.33. The molecule has 0 bridgehead atoms. The Morgan fingerprint density at radius 2 is 1.96 bits per heavy atom. The van der Waals surface area contributed by atoms with Gasteiger partial charge in [0.15, 0.2) is 0 Å². The summed E-state index contributed by atoms with van der Waals surface area (Å²) in [6.45, 7) is 3.65. The summed E-state index contributed by atoms with van der Waals surface area (Å²) in [5, 5.41) is 11.5. The molecule has 5 nitrogen and oxygen atoms in total. The molecule has 1 fully saturated rings. The number of carbonyl (C=O) groups is 2. The van der Waals surface area contributed by atoms with Gasteiger partial charge in [-0.3, -0.25) is 4.79 Å². The zero-order chi connectivity index (χ0) is 17.0. The quantitative estimate of drug-likeness (QED) is 0.810. The van der Waals surface area contributed by atoms with Gasteiger partial charge in [0.05, 0.1) is 27.7 Å². The van der Waals surface area contributed by atoms with Gasteiger partial charge in [0, 0.05) is 25.3 Å². The number of hydrogen-bond donors (Lipinski definition) is 0. The first kappa shape index (κ1) is 18.0. The number of carboxylic acid groups (broad SMARTS) is 1. The fraction of sp³-hybridized carbons (Fsp3) is 0.500. The molecular formula is C16H18Cl2NO4-. The molecule has 1 aliphatic heterocycles. The molecule has 0 spiro atoms. The van der Waals surface area contributed by atoms with Crippen LogP contribution in [-0.2, 0) is 4.74 Å². The second-order valence-electron chi connectivity index (χ2n) is 5.49. The zero-order valence-electron chi connectivity index (χ0n) is 12.8. The Morgan fingerprint density at radius 1 is 1.30 bits per heavy atom. The summed E-state index contributed by atoms with van der Waals surface area (Å²) in [4.78, 5) is 25.5. The van der Waals surface area contributed by atoms with Crippen molar-refractivity contribution in [2.45, 2.75) is 32.3 Å². The highest BCUT2D eigenvalue weighted by molar-refractivity contribution is 6.42. The summed E-state index contributed by atoms with van der Waals surface area (Å²) in [6.07, 6.45) is 2.58. The molecule has 1 aromatic carbocycles. The second-order valence-corrected chi connectivity index (χ2v) is 6.30. The number of ether oxygens (including phenoxy) is 1. The Bertz CT molecular complexity index is 606. The first-order valence-electron chi connectivity index (χ1n) is 7.55. The van der Waals surface area contributed by atoms with Crippen molar-refractivity contribution < 1.29 is 19.4 Å². The second kappa shape index (κ2) is 7.99. The highest BCUT2D eigenvalue weighted by Gasteiger charge is 2.27. The molecule has 0 aromatic heterocycles. The third kappa shape index (κ3) is 4.37. The maximum Gasteiger partial charge on any atom is 0.254 e. The van der Waals surface area contributed by atoms with E-state index in [1.807, 2.05) is 6.92 Å². The third-order valence-electron chi connectivity index (χ3n) is 3.73. The molecule has 1 saturated heterocycles. The first-order chi connectivity index (χ1) is 10.9. The molecule has 1 aromatic rings. The van der Waals surface area contributed by atoms with Crippen LogP contribution in [0.2, 0.25) is 10.0 Å². The standard InChI is InChI=1S/C16H19Cl2NO4/c1-2-6-23-10-4-3-5-19(9-10)15(20)11-7-13(17)14(18)8-12(11)16(21)22/h7-8,10H,2-6,9H2,1H3,(H,21,22)/p-1/t10-/m0/s1. The number of carboxylic acids is 1. The van der Waals surface area contributed by atoms with Crippen molar-refractivity contribution in [3.05, 3.63) is 33.3 Å². The van der Waals surface area contributed by atoms with E-state index in [-0.39, 0.29) is 27.3 Å². The molecule has 126 valence electrons. The highest BCUT2D eigenvalue weighted by atomic mass is 35.5. The number of halogens is 2. The van der Waals surface area contributed by atoms with E-state index in [0.717, 1.165) is 25.3 Å². The third-order valence-corrected chi connectivity index (χ3v) is 4.46. The van der Waals surface area contributed by atoms with E-state index < -0.39 is 11.9 Å². The molecule has 0 unspecified atom stereocenters. The summed E-state index contributed by atoms with van der Waals surface area (Å²) in [5.74, 6) is -1.85. The summed E-state index contributed by atoms with van der Waals surface area (Å²) < 4.78 is 5.70. The zero-order valence-corrected chi connectivity index (χ0v) is 14.3. The average Bonchev–Trinajstić information content (AvgIpc) is 2.54. The lowest BCUT2D eigenvalue weighted by atomic mass is 10.0. The predicted octanol–water partition coefficient (Wildman–Crippen LogP) is 2.39. The molecule has 1 aliphatic rings. The van der Waals surface area contributed by atoms with Crippen LogP contribution in [0.3, 0.4) is 0 Å². The Labute approximate surface area is 145 Å². The van der Waals surface area contributed by atoms with Crippen molar-refractivity contribution in [2.24, 2.45) is 0 Å². The van der Waals surface area contributed by atoms with E-state index in [0.29, 0.717) is 19.7 Å². The Kier molecular flexibility index (Phi) is 6.27. The fourth-order valence-corrected chi connectivity index (χ4v) is 2.93. The van der Waals surface area contributed by atoms with Crippen molar-refractivity contribution in [3.8, 4) is 0 Å². The number of carbonyl (C=O) groups excluding carboxylic acids is 2. The van der Waals surface area contributed by atoms with E-state index in [2.05, 4.69) is 0 Å². The van der Waals surface area contributed by atoms with Gasteiger partial charge in [0.2, 0.25) is 0 Å². The predicted molar refractivity (Wildman–Crippen MR) is 86.0 cm³/mol. The smallest absolute Gasteiger partial charge is 0.254 e. The van der Waals surface area contributed by atoms with Gasteiger partial charge in [-0.2, -0.15) is 0 Å². The van der Waals surface area contributed by atoms with Crippen molar-refractivity contribution in [1.82, 2.24) is 4.90 Å². The van der Waals surface area contributed by atoms with Gasteiger partial charge in [-0.05, 0) is 31.4 Å². The number of benzene rings is 1. The molecule has 0 N–H and O–H groups in total. The van der Waals surface area contributed by atoms with E-state index in [1.165, 1.54) is 6.07 Å². The minimum absolute atomic E-state index is 0.00413. The van der Waals surface area contributed by atoms with E-state index >= 15 is 0 Å². The molecule has 1 atom stereocenters. The van der Waals surface area contributed by atoms with Crippen LogP contribution in [-0.4, -0.2) is 42.6 Å². The topological polar surface area (TPSA) is 69.7 Å². The van der Waals surface area contributed by atoms with Crippen LogP contribution in [0.4, 0.5) is 0 Å². The number of rotatable bonds is 5. The molecule has 2 rings (SSSR count). The number of piperidine rings is 1.